The highest BCUT2D eigenvalue weighted by Crippen LogP contribution is 2.25. The van der Waals surface area contributed by atoms with Crippen LogP contribution in [0.1, 0.15) is 168 Å². The zero-order chi connectivity index (χ0) is 42.1. The van der Waals surface area contributed by atoms with Gasteiger partial charge in [-0.15, -0.1) is 23.2 Å². The van der Waals surface area contributed by atoms with Crippen LogP contribution >= 0.6 is 58.0 Å². The summed E-state index contributed by atoms with van der Waals surface area (Å²) in [4.78, 5) is 41.3. The lowest BCUT2D eigenvalue weighted by Gasteiger charge is -2.21. The van der Waals surface area contributed by atoms with Crippen LogP contribution in [0.3, 0.4) is 0 Å². The van der Waals surface area contributed by atoms with Crippen LogP contribution in [0, 0.1) is 0 Å². The van der Waals surface area contributed by atoms with Crippen LogP contribution in [0.2, 0.25) is 0 Å². The van der Waals surface area contributed by atoms with E-state index in [0.29, 0.717) is 45.2 Å². The highest BCUT2D eigenvalue weighted by atomic mass is 35.5. The Balaban J connectivity index is 0. The first-order chi connectivity index (χ1) is 26.0. The summed E-state index contributed by atoms with van der Waals surface area (Å²) in [5, 5.41) is 6.45. The van der Waals surface area contributed by atoms with E-state index in [-0.39, 0.29) is 16.8 Å². The minimum atomic E-state index is -3.41. The molecule has 0 bridgehead atoms. The van der Waals surface area contributed by atoms with Crippen LogP contribution in [-0.2, 0) is 39.2 Å². The predicted octanol–water partition coefficient (Wildman–Crippen LogP) is 10.2. The van der Waals surface area contributed by atoms with E-state index in [9.17, 15) is 36.0 Å². The fourth-order valence-corrected chi connectivity index (χ4v) is 10.3. The van der Waals surface area contributed by atoms with Gasteiger partial charge in [-0.25, -0.2) is 16.8 Å². The van der Waals surface area contributed by atoms with Crippen LogP contribution in [0.5, 0.6) is 0 Å². The van der Waals surface area contributed by atoms with Crippen LogP contribution in [0.4, 0.5) is 0 Å². The molecule has 2 aliphatic rings. The number of nitrogens with zero attached hydrogens (tertiary/aromatic N) is 2. The largest absolute Gasteiger partial charge is 0.480 e. The standard InChI is InChI=1S/C17H32ClNO3S.C17H33NO4S.C2Cl2O2.CH2Cl2/c1-2-3-4-5-6-7-8-9-10-11-15-23(21,22)19-14-12-13-16(19)17(18)20;1-2-3-4-5-6-7-8-9-10-11-15-23(21,22)18-14-12-13-16(18)17(19)20;3-1(5)2(4)6;2-1-3/h16H,2-15H2,1H3;16H,2-15H2,1H3,(H,19,20);;1H2. The average molecular weight is 925 g/mol. The third-order valence-electron chi connectivity index (χ3n) is 9.34. The number of halogens is 5. The second kappa shape index (κ2) is 35.7. The predicted molar refractivity (Wildman–Crippen MR) is 228 cm³/mol. The number of unbranched alkanes of at least 4 members (excludes halogenated alkanes) is 18. The molecule has 18 heteroatoms. The van der Waals surface area contributed by atoms with Crippen LogP contribution in [0.25, 0.3) is 0 Å². The number of hydrogen-bond acceptors (Lipinski definition) is 8. The van der Waals surface area contributed by atoms with Gasteiger partial charge in [0, 0.05) is 13.1 Å². The van der Waals surface area contributed by atoms with Gasteiger partial charge >= 0.3 is 16.5 Å². The molecule has 0 amide bonds. The first kappa shape index (κ1) is 56.8. The van der Waals surface area contributed by atoms with Crippen LogP contribution in [0.15, 0.2) is 0 Å². The van der Waals surface area contributed by atoms with Crippen molar-refractivity contribution in [2.75, 3.05) is 29.9 Å². The van der Waals surface area contributed by atoms with Crippen molar-refractivity contribution in [3.8, 4) is 0 Å². The number of sulfonamides is 2. The lowest BCUT2D eigenvalue weighted by molar-refractivity contribution is -0.140. The third-order valence-corrected chi connectivity index (χ3v) is 13.9. The van der Waals surface area contributed by atoms with Gasteiger partial charge < -0.3 is 5.11 Å². The number of carboxylic acid groups (broad SMARTS) is 1. The molecule has 0 radical (unpaired) electrons. The fraction of sp³-hybridized carbons (Fsp3) is 0.892. The van der Waals surface area contributed by atoms with Gasteiger partial charge in [-0.2, -0.15) is 8.61 Å². The Morgan fingerprint density at radius 1 is 0.527 bits per heavy atom. The van der Waals surface area contributed by atoms with Crippen molar-refractivity contribution in [1.29, 1.82) is 0 Å². The maximum Gasteiger partial charge on any atom is 0.322 e. The highest BCUT2D eigenvalue weighted by molar-refractivity contribution is 7.89. The quantitative estimate of drug-likeness (QED) is 0.0366. The Labute approximate surface area is 357 Å². The molecule has 326 valence electrons. The third kappa shape index (κ3) is 29.6. The molecule has 2 fully saturated rings. The number of carbonyl (C=O) groups excluding carboxylic acids is 3. The van der Waals surface area contributed by atoms with Crippen molar-refractivity contribution in [3.63, 3.8) is 0 Å². The smallest absolute Gasteiger partial charge is 0.322 e. The number of aliphatic carboxylic acids is 1. The van der Waals surface area contributed by atoms with Crippen molar-refractivity contribution < 1.29 is 41.1 Å². The van der Waals surface area contributed by atoms with Crippen molar-refractivity contribution in [3.05, 3.63) is 0 Å². The summed E-state index contributed by atoms with van der Waals surface area (Å²) in [6, 6.07) is -1.48. The molecule has 2 heterocycles. The fourth-order valence-electron chi connectivity index (χ4n) is 6.40. The SMILES string of the molecule is CCCCCCCCCCCCS(=O)(=O)N1CCCC1C(=O)Cl.CCCCCCCCCCCCS(=O)(=O)N1CCCC1C(=O)O.ClCCl.O=C(Cl)C(=O)Cl. The number of rotatable bonds is 27. The molecule has 11 nitrogen and oxygen atoms in total. The summed E-state index contributed by atoms with van der Waals surface area (Å²) >= 11 is 24.0. The molecule has 2 aliphatic heterocycles. The zero-order valence-electron chi connectivity index (χ0n) is 33.0. The molecular formula is C37H67Cl5N2O9S2. The molecule has 0 aromatic heterocycles. The molecule has 2 unspecified atom stereocenters. The zero-order valence-corrected chi connectivity index (χ0v) is 38.4. The van der Waals surface area contributed by atoms with Crippen molar-refractivity contribution >= 4 is 99.7 Å². The molecule has 0 aromatic carbocycles. The first-order valence-corrected chi connectivity index (χ1v) is 25.4. The van der Waals surface area contributed by atoms with E-state index < -0.39 is 53.8 Å². The molecule has 2 atom stereocenters. The van der Waals surface area contributed by atoms with Gasteiger partial charge in [-0.1, -0.05) is 129 Å². The van der Waals surface area contributed by atoms with Gasteiger partial charge in [-0.3, -0.25) is 19.2 Å². The minimum absolute atomic E-state index is 0.0906. The van der Waals surface area contributed by atoms with Crippen LogP contribution in [-0.4, -0.2) is 94.3 Å². The van der Waals surface area contributed by atoms with E-state index in [0.717, 1.165) is 32.1 Å². The molecule has 0 saturated carbocycles. The van der Waals surface area contributed by atoms with E-state index in [1.54, 1.807) is 0 Å². The van der Waals surface area contributed by atoms with E-state index in [1.165, 1.54) is 98.5 Å². The lowest BCUT2D eigenvalue weighted by Crippen LogP contribution is -2.41. The Morgan fingerprint density at radius 3 is 1.07 bits per heavy atom. The summed E-state index contributed by atoms with van der Waals surface area (Å²) < 4.78 is 51.6. The van der Waals surface area contributed by atoms with Crippen molar-refractivity contribution in [2.45, 2.75) is 180 Å². The summed E-state index contributed by atoms with van der Waals surface area (Å²) in [7, 11) is -6.74. The number of hydrogen-bond donors (Lipinski definition) is 1. The van der Waals surface area contributed by atoms with Gasteiger partial charge in [0.1, 0.15) is 6.04 Å². The molecule has 2 saturated heterocycles. The van der Waals surface area contributed by atoms with Gasteiger partial charge in [0.05, 0.1) is 22.9 Å². The summed E-state index contributed by atoms with van der Waals surface area (Å²) in [6.07, 6.45) is 25.7. The second-order valence-electron chi connectivity index (χ2n) is 13.8. The first-order valence-electron chi connectivity index (χ1n) is 20.0. The Bertz CT molecular complexity index is 1170. The number of carboxylic acids is 1. The monoisotopic (exact) mass is 922 g/mol. The summed E-state index contributed by atoms with van der Waals surface area (Å²) in [6.45, 7) is 5.23. The average Bonchev–Trinajstić information content (AvgIpc) is 3.83. The molecule has 2 rings (SSSR count). The van der Waals surface area contributed by atoms with E-state index in [1.807, 2.05) is 0 Å². The Kier molecular flexibility index (Phi) is 36.9. The molecule has 0 aliphatic carbocycles. The normalized spacial score (nSPS) is 17.3. The molecule has 0 spiro atoms. The summed E-state index contributed by atoms with van der Waals surface area (Å²) in [5.74, 6) is -0.786. The van der Waals surface area contributed by atoms with E-state index in [4.69, 9.17) is 39.9 Å². The van der Waals surface area contributed by atoms with E-state index >= 15 is 0 Å². The van der Waals surface area contributed by atoms with Gasteiger partial charge in [0.25, 0.3) is 0 Å². The highest BCUT2D eigenvalue weighted by Gasteiger charge is 2.38. The summed E-state index contributed by atoms with van der Waals surface area (Å²) in [5.41, 5.74) is 0. The molecular weight excluding hydrogens is 858 g/mol. The maximum atomic E-state index is 12.3. The maximum absolute atomic E-state index is 12.3. The number of alkyl halides is 2. The lowest BCUT2D eigenvalue weighted by atomic mass is 10.1. The minimum Gasteiger partial charge on any atom is -0.480 e. The van der Waals surface area contributed by atoms with Crippen molar-refractivity contribution in [2.24, 2.45) is 0 Å². The van der Waals surface area contributed by atoms with Gasteiger partial charge in [-0.05, 0) is 73.3 Å². The van der Waals surface area contributed by atoms with E-state index in [2.05, 4.69) is 37.0 Å². The van der Waals surface area contributed by atoms with Crippen molar-refractivity contribution in [1.82, 2.24) is 8.61 Å². The van der Waals surface area contributed by atoms with Crippen LogP contribution < -0.4 is 0 Å². The topological polar surface area (TPSA) is 163 Å². The molecule has 1 N–H and O–H groups in total. The van der Waals surface area contributed by atoms with Gasteiger partial charge in [0.15, 0.2) is 0 Å². The Morgan fingerprint density at radius 2 is 0.800 bits per heavy atom. The molecule has 0 aromatic rings. The molecule has 55 heavy (non-hydrogen) atoms. The second-order valence-corrected chi connectivity index (χ2v) is 19.8. The van der Waals surface area contributed by atoms with Gasteiger partial charge in [0.2, 0.25) is 25.3 Å². The Hall–Kier alpha value is -0.250. The number of carbonyl (C=O) groups is 4.